The summed E-state index contributed by atoms with van der Waals surface area (Å²) in [6.07, 6.45) is 10.2. The van der Waals surface area contributed by atoms with Gasteiger partial charge in [0.1, 0.15) is 0 Å². The number of piperidine rings is 1. The number of allylic oxidation sites excluding steroid dienone is 1. The molecule has 3 saturated heterocycles. The van der Waals surface area contributed by atoms with Crippen molar-refractivity contribution >= 4 is 5.91 Å². The molecule has 5 fully saturated rings. The zero-order valence-corrected chi connectivity index (χ0v) is 21.1. The molecule has 6 rings (SSSR count). The Labute approximate surface area is 199 Å². The lowest BCUT2D eigenvalue weighted by molar-refractivity contribution is -0.178. The van der Waals surface area contributed by atoms with Gasteiger partial charge in [0.15, 0.2) is 0 Å². The van der Waals surface area contributed by atoms with Crippen molar-refractivity contribution in [1.82, 2.24) is 10.4 Å². The number of carbonyl (C=O) groups is 1. The van der Waals surface area contributed by atoms with E-state index in [0.717, 1.165) is 50.6 Å². The molecule has 2 N–H and O–H groups in total. The Balaban J connectivity index is 1.28. The van der Waals surface area contributed by atoms with E-state index in [0.29, 0.717) is 35.5 Å². The fourth-order valence-corrected chi connectivity index (χ4v) is 9.74. The predicted molar refractivity (Wildman–Crippen MR) is 128 cm³/mol. The summed E-state index contributed by atoms with van der Waals surface area (Å²) in [6.45, 7) is 11.1. The first kappa shape index (κ1) is 22.5. The van der Waals surface area contributed by atoms with Crippen molar-refractivity contribution in [3.63, 3.8) is 0 Å². The van der Waals surface area contributed by atoms with E-state index in [1.54, 1.807) is 16.2 Å². The van der Waals surface area contributed by atoms with Crippen molar-refractivity contribution in [2.24, 2.45) is 40.9 Å². The number of carbonyl (C=O) groups excluding carboxylic acids is 1. The Morgan fingerprint density at radius 3 is 2.82 bits per heavy atom. The fraction of sp³-hybridized carbons (Fsp3) is 0.893. The number of hydrogen-bond acceptors (Lipinski definition) is 4. The first-order chi connectivity index (χ1) is 15.7. The maximum absolute atomic E-state index is 12.2. The van der Waals surface area contributed by atoms with E-state index in [1.807, 2.05) is 0 Å². The third-order valence-corrected chi connectivity index (χ3v) is 11.6. The minimum atomic E-state index is -0.114. The first-order valence-corrected chi connectivity index (χ1v) is 13.8. The van der Waals surface area contributed by atoms with Gasteiger partial charge in [0.2, 0.25) is 5.91 Å². The van der Waals surface area contributed by atoms with E-state index in [9.17, 15) is 10.0 Å². The summed E-state index contributed by atoms with van der Waals surface area (Å²) in [4.78, 5) is 12.2. The number of amides is 1. The largest absolute Gasteiger partial charge is 0.369 e. The summed E-state index contributed by atoms with van der Waals surface area (Å²) < 4.78 is 6.95. The van der Waals surface area contributed by atoms with E-state index in [1.165, 1.54) is 25.7 Å². The molecule has 0 radical (unpaired) electrons. The Bertz CT molecular complexity index is 856. The highest BCUT2D eigenvalue weighted by Crippen LogP contribution is 2.63. The van der Waals surface area contributed by atoms with Gasteiger partial charge in [-0.2, -0.15) is 5.06 Å². The second kappa shape index (κ2) is 7.80. The maximum Gasteiger partial charge on any atom is 0.220 e. The van der Waals surface area contributed by atoms with E-state index >= 15 is 0 Å². The highest BCUT2D eigenvalue weighted by molar-refractivity contribution is 5.76. The molecule has 5 nitrogen and oxygen atoms in total. The molecular formula is C28H44N2O3. The maximum atomic E-state index is 12.2. The van der Waals surface area contributed by atoms with Crippen molar-refractivity contribution in [2.45, 2.75) is 103 Å². The molecule has 0 aromatic carbocycles. The SMILES string of the molecule is CC1=C2CC3C(CCC4CNC(=O)CCC43C)C2CCC2(C1)OC1CC(C)CN(O)C1C2C. The summed E-state index contributed by atoms with van der Waals surface area (Å²) in [7, 11) is 0. The van der Waals surface area contributed by atoms with Gasteiger partial charge in [-0.05, 0) is 93.3 Å². The Kier molecular flexibility index (Phi) is 5.33. The van der Waals surface area contributed by atoms with Crippen LogP contribution < -0.4 is 5.32 Å². The zero-order valence-electron chi connectivity index (χ0n) is 21.1. The molecule has 0 bridgehead atoms. The molecule has 0 aromatic rings. The topological polar surface area (TPSA) is 61.8 Å². The number of ether oxygens (including phenoxy) is 1. The monoisotopic (exact) mass is 456 g/mol. The van der Waals surface area contributed by atoms with Crippen molar-refractivity contribution in [3.05, 3.63) is 11.1 Å². The normalized spacial score (nSPS) is 52.5. The van der Waals surface area contributed by atoms with Crippen LogP contribution in [0.25, 0.3) is 0 Å². The van der Waals surface area contributed by atoms with Gasteiger partial charge >= 0.3 is 0 Å². The highest BCUT2D eigenvalue weighted by atomic mass is 16.5. The average Bonchev–Trinajstić information content (AvgIpc) is 3.16. The van der Waals surface area contributed by atoms with Crippen LogP contribution in [0, 0.1) is 40.9 Å². The van der Waals surface area contributed by atoms with Crippen LogP contribution in [0.3, 0.4) is 0 Å². The van der Waals surface area contributed by atoms with Crippen LogP contribution >= 0.6 is 0 Å². The molecule has 10 unspecified atom stereocenters. The van der Waals surface area contributed by atoms with Gasteiger partial charge in [-0.25, -0.2) is 0 Å². The van der Waals surface area contributed by atoms with Crippen molar-refractivity contribution < 1.29 is 14.7 Å². The summed E-state index contributed by atoms with van der Waals surface area (Å²) in [5.41, 5.74) is 3.50. The molecule has 10 atom stereocenters. The molecule has 33 heavy (non-hydrogen) atoms. The molecule has 2 saturated carbocycles. The molecule has 6 aliphatic rings. The van der Waals surface area contributed by atoms with Crippen LogP contribution in [0.5, 0.6) is 0 Å². The third kappa shape index (κ3) is 3.31. The van der Waals surface area contributed by atoms with E-state index in [4.69, 9.17) is 4.74 Å². The van der Waals surface area contributed by atoms with Gasteiger partial charge in [-0.15, -0.1) is 0 Å². The first-order valence-electron chi connectivity index (χ1n) is 13.8. The van der Waals surface area contributed by atoms with E-state index < -0.39 is 0 Å². The Hall–Kier alpha value is -0.910. The summed E-state index contributed by atoms with van der Waals surface area (Å²) in [5.74, 6) is 3.94. The van der Waals surface area contributed by atoms with E-state index in [2.05, 4.69) is 33.0 Å². The molecule has 3 heterocycles. The standard InChI is InChI=1S/C28H44N2O3/c1-16-11-24-26(30(32)15-16)18(3)28(33-24)10-7-20-21-6-5-19-14-29-25(31)8-9-27(19,4)23(21)12-22(20)17(2)13-28/h16,18-21,23-24,26,32H,5-15H2,1-4H3,(H,29,31). The lowest BCUT2D eigenvalue weighted by Crippen LogP contribution is -2.50. The minimum Gasteiger partial charge on any atom is -0.369 e. The van der Waals surface area contributed by atoms with Crippen molar-refractivity contribution in [3.8, 4) is 0 Å². The molecule has 1 spiro atoms. The molecule has 3 aliphatic carbocycles. The van der Waals surface area contributed by atoms with Gasteiger partial charge in [-0.3, -0.25) is 4.79 Å². The van der Waals surface area contributed by atoms with Gasteiger partial charge in [-0.1, -0.05) is 31.9 Å². The lowest BCUT2D eigenvalue weighted by Gasteiger charge is -2.49. The van der Waals surface area contributed by atoms with Crippen LogP contribution in [0.1, 0.15) is 85.5 Å². The number of hydrogen-bond donors (Lipinski definition) is 2. The van der Waals surface area contributed by atoms with Gasteiger partial charge in [0.25, 0.3) is 0 Å². The Morgan fingerprint density at radius 1 is 1.18 bits per heavy atom. The van der Waals surface area contributed by atoms with Crippen LogP contribution in [-0.2, 0) is 9.53 Å². The molecule has 184 valence electrons. The molecular weight excluding hydrogens is 412 g/mol. The molecule has 1 amide bonds. The highest BCUT2D eigenvalue weighted by Gasteiger charge is 2.60. The second-order valence-corrected chi connectivity index (χ2v) is 13.1. The number of nitrogens with zero attached hydrogens (tertiary/aromatic N) is 1. The minimum absolute atomic E-state index is 0.114. The Morgan fingerprint density at radius 2 is 2.00 bits per heavy atom. The van der Waals surface area contributed by atoms with Crippen LogP contribution in [0.4, 0.5) is 0 Å². The quantitative estimate of drug-likeness (QED) is 0.507. The summed E-state index contributed by atoms with van der Waals surface area (Å²) in [5, 5.41) is 15.6. The van der Waals surface area contributed by atoms with E-state index in [-0.39, 0.29) is 23.7 Å². The molecule has 3 aliphatic heterocycles. The van der Waals surface area contributed by atoms with Gasteiger partial charge in [0.05, 0.1) is 17.7 Å². The third-order valence-electron chi connectivity index (χ3n) is 11.6. The van der Waals surface area contributed by atoms with Crippen molar-refractivity contribution in [2.75, 3.05) is 13.1 Å². The lowest BCUT2D eigenvalue weighted by atomic mass is 9.55. The molecule has 0 aromatic heterocycles. The smallest absolute Gasteiger partial charge is 0.220 e. The number of nitrogens with one attached hydrogen (secondary N) is 1. The predicted octanol–water partition coefficient (Wildman–Crippen LogP) is 4.94. The molecule has 5 heteroatoms. The van der Waals surface area contributed by atoms with Crippen LogP contribution in [0.2, 0.25) is 0 Å². The second-order valence-electron chi connectivity index (χ2n) is 13.1. The zero-order chi connectivity index (χ0) is 23.1. The average molecular weight is 457 g/mol. The summed E-state index contributed by atoms with van der Waals surface area (Å²) in [6, 6.07) is 0.148. The fourth-order valence-electron chi connectivity index (χ4n) is 9.74. The van der Waals surface area contributed by atoms with Gasteiger partial charge < -0.3 is 15.3 Å². The summed E-state index contributed by atoms with van der Waals surface area (Å²) >= 11 is 0. The van der Waals surface area contributed by atoms with Crippen LogP contribution in [0.15, 0.2) is 11.1 Å². The van der Waals surface area contributed by atoms with Crippen LogP contribution in [-0.4, -0.2) is 47.0 Å². The number of fused-ring (bicyclic) bond motifs is 6. The van der Waals surface area contributed by atoms with Crippen molar-refractivity contribution in [1.29, 1.82) is 0 Å². The van der Waals surface area contributed by atoms with Gasteiger partial charge in [0, 0.05) is 25.4 Å². The number of rotatable bonds is 0. The number of hydroxylamine groups is 2.